The number of hydrogen-bond donors (Lipinski definition) is 3. The quantitative estimate of drug-likeness (QED) is 0.523. The Bertz CT molecular complexity index is 1070. The van der Waals surface area contributed by atoms with Crippen molar-refractivity contribution in [2.45, 2.75) is 33.4 Å². The summed E-state index contributed by atoms with van der Waals surface area (Å²) < 4.78 is 0. The minimum absolute atomic E-state index is 0.0681. The molecule has 0 saturated heterocycles. The van der Waals surface area contributed by atoms with Crippen molar-refractivity contribution in [3.8, 4) is 11.3 Å². The van der Waals surface area contributed by atoms with Gasteiger partial charge in [0.25, 0.3) is 5.91 Å². The summed E-state index contributed by atoms with van der Waals surface area (Å²) >= 11 is 1.35. The topological polar surface area (TPSA) is 100 Å². The van der Waals surface area contributed by atoms with Crippen LogP contribution in [0.3, 0.4) is 0 Å². The summed E-state index contributed by atoms with van der Waals surface area (Å²) in [6.07, 6.45) is 0. The predicted molar refractivity (Wildman–Crippen MR) is 122 cm³/mol. The van der Waals surface area contributed by atoms with Crippen LogP contribution in [0.1, 0.15) is 48.3 Å². The third-order valence-electron chi connectivity index (χ3n) is 4.61. The molecule has 3 N–H and O–H groups in total. The molecular formula is C23H24N4O3S. The zero-order valence-corrected chi connectivity index (χ0v) is 18.4. The molecule has 8 heteroatoms. The Morgan fingerprint density at radius 3 is 2.26 bits per heavy atom. The lowest BCUT2D eigenvalue weighted by Crippen LogP contribution is -2.23. The van der Waals surface area contributed by atoms with Gasteiger partial charge in [-0.1, -0.05) is 36.4 Å². The fourth-order valence-electron chi connectivity index (χ4n) is 2.96. The molecular weight excluding hydrogens is 412 g/mol. The van der Waals surface area contributed by atoms with E-state index in [1.807, 2.05) is 48.7 Å². The number of nitrogens with zero attached hydrogens (tertiary/aromatic N) is 1. The zero-order chi connectivity index (χ0) is 22.4. The van der Waals surface area contributed by atoms with E-state index in [9.17, 15) is 14.4 Å². The summed E-state index contributed by atoms with van der Waals surface area (Å²) in [6.45, 7) is 5.32. The second kappa shape index (κ2) is 9.99. The van der Waals surface area contributed by atoms with Gasteiger partial charge in [-0.05, 0) is 30.2 Å². The van der Waals surface area contributed by atoms with Crippen LogP contribution in [0.15, 0.2) is 53.9 Å². The zero-order valence-electron chi connectivity index (χ0n) is 17.6. The lowest BCUT2D eigenvalue weighted by molar-refractivity contribution is -0.120. The molecule has 0 aliphatic rings. The summed E-state index contributed by atoms with van der Waals surface area (Å²) in [5.74, 6) is -0.413. The lowest BCUT2D eigenvalue weighted by atomic mass is 10.1. The van der Waals surface area contributed by atoms with Gasteiger partial charge in [0.05, 0.1) is 11.7 Å². The predicted octanol–water partition coefficient (Wildman–Crippen LogP) is 3.90. The SMILES string of the molecule is CC(=O)NCc1ccc(C(=O)Nc2nc(-c3ccc([C@H](C)NC(C)=O)cc3)cs2)cc1. The van der Waals surface area contributed by atoms with Crippen LogP contribution in [0, 0.1) is 0 Å². The van der Waals surface area contributed by atoms with Gasteiger partial charge in [0, 0.05) is 36.9 Å². The molecule has 7 nitrogen and oxygen atoms in total. The summed E-state index contributed by atoms with van der Waals surface area (Å²) in [6, 6.07) is 14.8. The Labute approximate surface area is 184 Å². The van der Waals surface area contributed by atoms with Gasteiger partial charge in [0.2, 0.25) is 11.8 Å². The van der Waals surface area contributed by atoms with E-state index in [-0.39, 0.29) is 23.8 Å². The summed E-state index contributed by atoms with van der Waals surface area (Å²) in [4.78, 5) is 39.2. The van der Waals surface area contributed by atoms with Crippen molar-refractivity contribution >= 4 is 34.2 Å². The number of nitrogens with one attached hydrogen (secondary N) is 3. The molecule has 160 valence electrons. The first-order valence-corrected chi connectivity index (χ1v) is 10.7. The molecule has 0 fully saturated rings. The van der Waals surface area contributed by atoms with Crippen molar-refractivity contribution in [3.63, 3.8) is 0 Å². The molecule has 0 saturated carbocycles. The highest BCUT2D eigenvalue weighted by atomic mass is 32.1. The Morgan fingerprint density at radius 2 is 1.65 bits per heavy atom. The summed E-state index contributed by atoms with van der Waals surface area (Å²) in [7, 11) is 0. The fourth-order valence-corrected chi connectivity index (χ4v) is 3.68. The maximum Gasteiger partial charge on any atom is 0.257 e. The normalized spacial score (nSPS) is 11.5. The van der Waals surface area contributed by atoms with Gasteiger partial charge in [0.1, 0.15) is 0 Å². The van der Waals surface area contributed by atoms with E-state index in [4.69, 9.17) is 0 Å². The summed E-state index contributed by atoms with van der Waals surface area (Å²) in [5, 5.41) is 10.8. The fraction of sp³-hybridized carbons (Fsp3) is 0.217. The van der Waals surface area contributed by atoms with E-state index in [2.05, 4.69) is 20.9 Å². The van der Waals surface area contributed by atoms with Crippen LogP contribution < -0.4 is 16.0 Å². The molecule has 1 atom stereocenters. The highest BCUT2D eigenvalue weighted by molar-refractivity contribution is 7.14. The highest BCUT2D eigenvalue weighted by Gasteiger charge is 2.11. The van der Waals surface area contributed by atoms with Crippen LogP contribution in [-0.4, -0.2) is 22.7 Å². The first kappa shape index (κ1) is 22.2. The summed E-state index contributed by atoms with van der Waals surface area (Å²) in [5.41, 5.74) is 4.13. The second-order valence-corrected chi connectivity index (χ2v) is 8.00. The van der Waals surface area contributed by atoms with Crippen molar-refractivity contribution in [1.82, 2.24) is 15.6 Å². The Balaban J connectivity index is 1.62. The van der Waals surface area contributed by atoms with Gasteiger partial charge in [-0.2, -0.15) is 0 Å². The van der Waals surface area contributed by atoms with Crippen molar-refractivity contribution in [2.75, 3.05) is 5.32 Å². The second-order valence-electron chi connectivity index (χ2n) is 7.14. The molecule has 2 aromatic carbocycles. The van der Waals surface area contributed by atoms with Crippen LogP contribution in [0.4, 0.5) is 5.13 Å². The molecule has 1 aromatic heterocycles. The maximum atomic E-state index is 12.5. The Kier molecular flexibility index (Phi) is 7.15. The third-order valence-corrected chi connectivity index (χ3v) is 5.37. The van der Waals surface area contributed by atoms with Crippen molar-refractivity contribution in [2.24, 2.45) is 0 Å². The molecule has 3 rings (SSSR count). The van der Waals surface area contributed by atoms with Gasteiger partial charge < -0.3 is 10.6 Å². The van der Waals surface area contributed by atoms with Crippen LogP contribution in [0.2, 0.25) is 0 Å². The van der Waals surface area contributed by atoms with Crippen LogP contribution >= 0.6 is 11.3 Å². The molecule has 3 aromatic rings. The minimum Gasteiger partial charge on any atom is -0.352 e. The van der Waals surface area contributed by atoms with E-state index in [1.165, 1.54) is 25.2 Å². The molecule has 1 heterocycles. The number of aromatic nitrogens is 1. The van der Waals surface area contributed by atoms with Crippen molar-refractivity contribution in [3.05, 3.63) is 70.6 Å². The molecule has 31 heavy (non-hydrogen) atoms. The first-order valence-electron chi connectivity index (χ1n) is 9.79. The van der Waals surface area contributed by atoms with Crippen LogP contribution in [-0.2, 0) is 16.1 Å². The Hall–Kier alpha value is -3.52. The number of hydrogen-bond acceptors (Lipinski definition) is 5. The molecule has 0 spiro atoms. The van der Waals surface area contributed by atoms with Gasteiger partial charge in [-0.25, -0.2) is 4.98 Å². The van der Waals surface area contributed by atoms with Gasteiger partial charge in [-0.3, -0.25) is 19.7 Å². The van der Waals surface area contributed by atoms with Crippen LogP contribution in [0.5, 0.6) is 0 Å². The van der Waals surface area contributed by atoms with E-state index in [0.29, 0.717) is 17.2 Å². The largest absolute Gasteiger partial charge is 0.352 e. The smallest absolute Gasteiger partial charge is 0.257 e. The van der Waals surface area contributed by atoms with Gasteiger partial charge in [0.15, 0.2) is 5.13 Å². The average molecular weight is 437 g/mol. The van der Waals surface area contributed by atoms with Crippen molar-refractivity contribution < 1.29 is 14.4 Å². The number of carbonyl (C=O) groups excluding carboxylic acids is 3. The first-order chi connectivity index (χ1) is 14.8. The van der Waals surface area contributed by atoms with Gasteiger partial charge in [-0.15, -0.1) is 11.3 Å². The number of benzene rings is 2. The number of rotatable bonds is 7. The molecule has 3 amide bonds. The monoisotopic (exact) mass is 436 g/mol. The molecule has 0 radical (unpaired) electrons. The molecule has 0 aliphatic heterocycles. The van der Waals surface area contributed by atoms with Gasteiger partial charge >= 0.3 is 0 Å². The Morgan fingerprint density at radius 1 is 0.968 bits per heavy atom. The number of anilines is 1. The van der Waals surface area contributed by atoms with Crippen molar-refractivity contribution in [1.29, 1.82) is 0 Å². The average Bonchev–Trinajstić information content (AvgIpc) is 3.20. The van der Waals surface area contributed by atoms with E-state index in [1.54, 1.807) is 12.1 Å². The molecule has 0 bridgehead atoms. The maximum absolute atomic E-state index is 12.5. The molecule has 0 aliphatic carbocycles. The standard InChI is InChI=1S/C23H24N4O3S/c1-14(25-16(3)29)18-8-10-19(11-9-18)21-13-31-23(26-21)27-22(30)20-6-4-17(5-7-20)12-24-15(2)28/h4-11,13-14H,12H2,1-3H3,(H,24,28)(H,25,29)(H,26,27,30)/t14-/m0/s1. The van der Waals surface area contributed by atoms with E-state index >= 15 is 0 Å². The van der Waals surface area contributed by atoms with E-state index < -0.39 is 0 Å². The third kappa shape index (κ3) is 6.23. The number of amides is 3. The minimum atomic E-state index is -0.244. The van der Waals surface area contributed by atoms with Crippen LogP contribution in [0.25, 0.3) is 11.3 Å². The highest BCUT2D eigenvalue weighted by Crippen LogP contribution is 2.26. The number of thiazole rings is 1. The molecule has 0 unspecified atom stereocenters. The number of carbonyl (C=O) groups is 3. The van der Waals surface area contributed by atoms with E-state index in [0.717, 1.165) is 22.4 Å². The lowest BCUT2D eigenvalue weighted by Gasteiger charge is -2.13.